The molecule has 3 aromatic rings. The van der Waals surface area contributed by atoms with Crippen LogP contribution in [-0.4, -0.2) is 10.9 Å². The summed E-state index contributed by atoms with van der Waals surface area (Å²) in [5, 5.41) is 5.68. The van der Waals surface area contributed by atoms with Gasteiger partial charge in [-0.05, 0) is 42.5 Å². The first-order valence-electron chi connectivity index (χ1n) is 7.62. The first-order valence-corrected chi connectivity index (χ1v) is 7.62. The highest BCUT2D eigenvalue weighted by molar-refractivity contribution is 6.02. The summed E-state index contributed by atoms with van der Waals surface area (Å²) in [6.45, 7) is 0.315. The number of hydrogen-bond donors (Lipinski definition) is 2. The molecule has 0 aliphatic carbocycles. The van der Waals surface area contributed by atoms with Crippen molar-refractivity contribution < 1.29 is 13.6 Å². The van der Waals surface area contributed by atoms with Crippen molar-refractivity contribution in [2.45, 2.75) is 6.54 Å². The highest BCUT2D eigenvalue weighted by atomic mass is 19.1. The van der Waals surface area contributed by atoms with Crippen LogP contribution in [0.2, 0.25) is 0 Å². The number of nitrogens with zero attached hydrogens (tertiary/aromatic N) is 1. The molecule has 4 nitrogen and oxygen atoms in total. The minimum atomic E-state index is -0.396. The van der Waals surface area contributed by atoms with Gasteiger partial charge in [-0.25, -0.2) is 13.8 Å². The average molecular weight is 339 g/mol. The van der Waals surface area contributed by atoms with Gasteiger partial charge in [0, 0.05) is 17.8 Å². The van der Waals surface area contributed by atoms with Crippen LogP contribution < -0.4 is 10.6 Å². The maximum Gasteiger partial charge on any atom is 0.274 e. The molecule has 0 atom stereocenters. The Morgan fingerprint density at radius 1 is 0.920 bits per heavy atom. The number of benzene rings is 2. The summed E-state index contributed by atoms with van der Waals surface area (Å²) in [7, 11) is 0. The molecule has 0 fully saturated rings. The zero-order valence-corrected chi connectivity index (χ0v) is 13.2. The van der Waals surface area contributed by atoms with Crippen molar-refractivity contribution in [3.63, 3.8) is 0 Å². The molecule has 1 amide bonds. The highest BCUT2D eigenvalue weighted by Crippen LogP contribution is 2.13. The van der Waals surface area contributed by atoms with Gasteiger partial charge < -0.3 is 10.6 Å². The maximum atomic E-state index is 13.6. The van der Waals surface area contributed by atoms with Crippen LogP contribution in [0.3, 0.4) is 0 Å². The Bertz CT molecular complexity index is 865. The summed E-state index contributed by atoms with van der Waals surface area (Å²) in [6.07, 6.45) is 1.50. The molecule has 1 aromatic heterocycles. The maximum absolute atomic E-state index is 13.6. The smallest absolute Gasteiger partial charge is 0.274 e. The molecule has 2 aromatic carbocycles. The number of pyridine rings is 1. The second-order valence-electron chi connectivity index (χ2n) is 5.34. The number of nitrogens with one attached hydrogen (secondary N) is 2. The predicted molar refractivity (Wildman–Crippen MR) is 92.3 cm³/mol. The zero-order chi connectivity index (χ0) is 17.6. The molecule has 25 heavy (non-hydrogen) atoms. The number of amides is 1. The Morgan fingerprint density at radius 3 is 2.32 bits per heavy atom. The number of hydrogen-bond acceptors (Lipinski definition) is 3. The van der Waals surface area contributed by atoms with E-state index in [0.717, 1.165) is 0 Å². The molecule has 0 spiro atoms. The molecule has 1 heterocycles. The Hall–Kier alpha value is -3.28. The third-order valence-electron chi connectivity index (χ3n) is 3.54. The molecule has 0 bridgehead atoms. The molecule has 0 saturated carbocycles. The lowest BCUT2D eigenvalue weighted by molar-refractivity contribution is 0.102. The van der Waals surface area contributed by atoms with Crippen LogP contribution in [0.4, 0.5) is 20.2 Å². The standard InChI is InChI=1S/C19H15F2N3O/c20-14-5-7-15(8-6-14)24-19(25)18-10-9-16(12-23-18)22-11-13-3-1-2-4-17(13)21/h1-10,12,22H,11H2,(H,24,25). The monoisotopic (exact) mass is 339 g/mol. The number of rotatable bonds is 5. The van der Waals surface area contributed by atoms with Crippen LogP contribution >= 0.6 is 0 Å². The summed E-state index contributed by atoms with van der Waals surface area (Å²) in [5.74, 6) is -1.05. The molecule has 3 rings (SSSR count). The van der Waals surface area contributed by atoms with Gasteiger partial charge in [0.05, 0.1) is 11.9 Å². The SMILES string of the molecule is O=C(Nc1ccc(F)cc1)c1ccc(NCc2ccccc2F)cn1. The van der Waals surface area contributed by atoms with Crippen molar-refractivity contribution in [3.05, 3.63) is 89.8 Å². The Labute approximate surface area is 143 Å². The number of anilines is 2. The van der Waals surface area contributed by atoms with Crippen molar-refractivity contribution in [1.82, 2.24) is 4.98 Å². The molecular weight excluding hydrogens is 324 g/mol. The van der Waals surface area contributed by atoms with Crippen molar-refractivity contribution in [1.29, 1.82) is 0 Å². The minimum Gasteiger partial charge on any atom is -0.380 e. The largest absolute Gasteiger partial charge is 0.380 e. The number of carbonyl (C=O) groups excluding carboxylic acids is 1. The predicted octanol–water partition coefficient (Wildman–Crippen LogP) is 4.22. The second-order valence-corrected chi connectivity index (χ2v) is 5.34. The fraction of sp³-hybridized carbons (Fsp3) is 0.0526. The van der Waals surface area contributed by atoms with Gasteiger partial charge in [0.2, 0.25) is 0 Å². The van der Waals surface area contributed by atoms with Crippen LogP contribution in [-0.2, 0) is 6.54 Å². The zero-order valence-electron chi connectivity index (χ0n) is 13.2. The fourth-order valence-corrected chi connectivity index (χ4v) is 2.20. The summed E-state index contributed by atoms with van der Waals surface area (Å²) < 4.78 is 26.4. The van der Waals surface area contributed by atoms with Crippen LogP contribution in [0.15, 0.2) is 66.9 Å². The lowest BCUT2D eigenvalue weighted by Crippen LogP contribution is -2.13. The molecule has 126 valence electrons. The number of aromatic nitrogens is 1. The van der Waals surface area contributed by atoms with E-state index in [1.807, 2.05) is 0 Å². The molecule has 6 heteroatoms. The van der Waals surface area contributed by atoms with Crippen molar-refractivity contribution in [3.8, 4) is 0 Å². The molecule has 0 aliphatic heterocycles. The highest BCUT2D eigenvalue weighted by Gasteiger charge is 2.08. The summed E-state index contributed by atoms with van der Waals surface area (Å²) in [6, 6.07) is 15.2. The topological polar surface area (TPSA) is 54.0 Å². The molecule has 0 saturated heterocycles. The average Bonchev–Trinajstić information content (AvgIpc) is 2.63. The third-order valence-corrected chi connectivity index (χ3v) is 3.54. The summed E-state index contributed by atoms with van der Waals surface area (Å²) in [5.41, 5.74) is 1.91. The molecule has 0 unspecified atom stereocenters. The summed E-state index contributed by atoms with van der Waals surface area (Å²) in [4.78, 5) is 16.2. The van der Waals surface area contributed by atoms with Crippen LogP contribution in [0.1, 0.15) is 16.1 Å². The van der Waals surface area contributed by atoms with E-state index in [0.29, 0.717) is 23.5 Å². The molecule has 2 N–H and O–H groups in total. The Balaban J connectivity index is 1.60. The van der Waals surface area contributed by atoms with Gasteiger partial charge >= 0.3 is 0 Å². The van der Waals surface area contributed by atoms with E-state index in [4.69, 9.17) is 0 Å². The number of carbonyl (C=O) groups is 1. The molecule has 0 radical (unpaired) electrons. The van der Waals surface area contributed by atoms with E-state index >= 15 is 0 Å². The van der Waals surface area contributed by atoms with Crippen LogP contribution in [0.5, 0.6) is 0 Å². The van der Waals surface area contributed by atoms with E-state index < -0.39 is 5.91 Å². The first kappa shape index (κ1) is 16.6. The van der Waals surface area contributed by atoms with Crippen molar-refractivity contribution in [2.75, 3.05) is 10.6 Å². The fourth-order valence-electron chi connectivity index (χ4n) is 2.20. The van der Waals surface area contributed by atoms with Gasteiger partial charge in [0.15, 0.2) is 0 Å². The third kappa shape index (κ3) is 4.38. The van der Waals surface area contributed by atoms with E-state index in [2.05, 4.69) is 15.6 Å². The van der Waals surface area contributed by atoms with Gasteiger partial charge in [-0.3, -0.25) is 4.79 Å². The molecular formula is C19H15F2N3O. The van der Waals surface area contributed by atoms with Gasteiger partial charge in [-0.1, -0.05) is 18.2 Å². The Kier molecular flexibility index (Phi) is 4.99. The number of halogens is 2. The van der Waals surface area contributed by atoms with Gasteiger partial charge in [-0.2, -0.15) is 0 Å². The van der Waals surface area contributed by atoms with Crippen LogP contribution in [0, 0.1) is 11.6 Å². The van der Waals surface area contributed by atoms with E-state index in [1.165, 1.54) is 36.5 Å². The summed E-state index contributed by atoms with van der Waals surface area (Å²) >= 11 is 0. The normalized spacial score (nSPS) is 10.3. The second kappa shape index (κ2) is 7.53. The van der Waals surface area contributed by atoms with Gasteiger partial charge in [0.25, 0.3) is 5.91 Å². The van der Waals surface area contributed by atoms with E-state index in [-0.39, 0.29) is 17.3 Å². The van der Waals surface area contributed by atoms with E-state index in [1.54, 1.807) is 30.3 Å². The van der Waals surface area contributed by atoms with Gasteiger partial charge in [0.1, 0.15) is 17.3 Å². The first-order chi connectivity index (χ1) is 12.1. The molecule has 0 aliphatic rings. The van der Waals surface area contributed by atoms with Gasteiger partial charge in [-0.15, -0.1) is 0 Å². The van der Waals surface area contributed by atoms with Crippen LogP contribution in [0.25, 0.3) is 0 Å². The lowest BCUT2D eigenvalue weighted by atomic mass is 10.2. The van der Waals surface area contributed by atoms with Crippen molar-refractivity contribution >= 4 is 17.3 Å². The lowest BCUT2D eigenvalue weighted by Gasteiger charge is -2.08. The quantitative estimate of drug-likeness (QED) is 0.732. The minimum absolute atomic E-state index is 0.223. The van der Waals surface area contributed by atoms with Crippen molar-refractivity contribution in [2.24, 2.45) is 0 Å². The Morgan fingerprint density at radius 2 is 1.64 bits per heavy atom. The van der Waals surface area contributed by atoms with E-state index in [9.17, 15) is 13.6 Å².